The predicted octanol–water partition coefficient (Wildman–Crippen LogP) is 1.62. The van der Waals surface area contributed by atoms with E-state index in [0.29, 0.717) is 13.1 Å². The number of halogens is 3. The summed E-state index contributed by atoms with van der Waals surface area (Å²) in [6, 6.07) is 0. The third-order valence-corrected chi connectivity index (χ3v) is 2.72. The van der Waals surface area contributed by atoms with Crippen molar-refractivity contribution in [2.24, 2.45) is 0 Å². The number of nitrogens with zero attached hydrogens (tertiary/aromatic N) is 1. The van der Waals surface area contributed by atoms with E-state index in [0.717, 1.165) is 6.42 Å². The van der Waals surface area contributed by atoms with E-state index >= 15 is 0 Å². The van der Waals surface area contributed by atoms with Crippen molar-refractivity contribution in [3.05, 3.63) is 0 Å². The summed E-state index contributed by atoms with van der Waals surface area (Å²) in [5, 5.41) is 2.65. The zero-order valence-electron chi connectivity index (χ0n) is 8.62. The number of hydrogen-bond donors (Lipinski definition) is 1. The first-order valence-corrected chi connectivity index (χ1v) is 4.91. The molecule has 1 heterocycles. The van der Waals surface area contributed by atoms with Crippen molar-refractivity contribution in [2.45, 2.75) is 31.5 Å². The lowest BCUT2D eigenvalue weighted by atomic mass is 9.97. The fraction of sp³-hybridized carbons (Fsp3) is 1.00. The summed E-state index contributed by atoms with van der Waals surface area (Å²) >= 11 is 0. The van der Waals surface area contributed by atoms with Crippen molar-refractivity contribution >= 4 is 0 Å². The highest BCUT2D eigenvalue weighted by Crippen LogP contribution is 2.37. The van der Waals surface area contributed by atoms with E-state index in [1.807, 2.05) is 6.92 Å². The molecule has 1 saturated heterocycles. The average Bonchev–Trinajstić information content (AvgIpc) is 2.44. The normalized spacial score (nSPS) is 29.8. The molecule has 0 bridgehead atoms. The summed E-state index contributed by atoms with van der Waals surface area (Å²) in [6.07, 6.45) is -3.26. The van der Waals surface area contributed by atoms with Crippen LogP contribution in [-0.4, -0.2) is 43.3 Å². The molecule has 5 heteroatoms. The van der Waals surface area contributed by atoms with Gasteiger partial charge in [-0.1, -0.05) is 6.92 Å². The average molecular weight is 210 g/mol. The molecular weight excluding hydrogens is 193 g/mol. The Kier molecular flexibility index (Phi) is 3.42. The molecule has 0 radical (unpaired) electrons. The molecule has 0 aromatic rings. The van der Waals surface area contributed by atoms with E-state index in [4.69, 9.17) is 0 Å². The Morgan fingerprint density at radius 3 is 2.43 bits per heavy atom. The Morgan fingerprint density at radius 2 is 2.07 bits per heavy atom. The van der Waals surface area contributed by atoms with Gasteiger partial charge in [0.05, 0.1) is 0 Å². The maximum absolute atomic E-state index is 12.8. The molecule has 1 fully saturated rings. The number of nitrogens with one attached hydrogen (secondary N) is 1. The zero-order chi connectivity index (χ0) is 10.8. The number of alkyl halides is 3. The smallest absolute Gasteiger partial charge is 0.304 e. The lowest BCUT2D eigenvalue weighted by molar-refractivity contribution is -0.192. The van der Waals surface area contributed by atoms with Crippen LogP contribution in [0.5, 0.6) is 0 Å². The summed E-state index contributed by atoms with van der Waals surface area (Å²) in [5.41, 5.74) is -1.67. The lowest BCUT2D eigenvalue weighted by Gasteiger charge is -2.32. The second-order valence-electron chi connectivity index (χ2n) is 3.99. The maximum Gasteiger partial charge on any atom is 0.407 e. The van der Waals surface area contributed by atoms with Crippen LogP contribution < -0.4 is 5.32 Å². The molecule has 1 N–H and O–H groups in total. The topological polar surface area (TPSA) is 15.3 Å². The van der Waals surface area contributed by atoms with Gasteiger partial charge in [0.15, 0.2) is 0 Å². The van der Waals surface area contributed by atoms with Crippen LogP contribution in [0.2, 0.25) is 0 Å². The third-order valence-electron chi connectivity index (χ3n) is 2.72. The molecule has 14 heavy (non-hydrogen) atoms. The highest BCUT2D eigenvalue weighted by molar-refractivity contribution is 5.02. The molecule has 1 rings (SSSR count). The van der Waals surface area contributed by atoms with E-state index < -0.39 is 11.7 Å². The van der Waals surface area contributed by atoms with Crippen LogP contribution in [0.15, 0.2) is 0 Å². The number of hydrogen-bond acceptors (Lipinski definition) is 2. The largest absolute Gasteiger partial charge is 0.407 e. The van der Waals surface area contributed by atoms with Crippen LogP contribution in [0.1, 0.15) is 19.8 Å². The molecule has 0 aliphatic carbocycles. The standard InChI is InChI=1S/C9H17F3N2/c1-3-5-13-8(9(10,11)12)4-6-14(2)7-8/h13H,3-7H2,1-2H3. The van der Waals surface area contributed by atoms with Gasteiger partial charge >= 0.3 is 6.18 Å². The Bertz CT molecular complexity index is 193. The van der Waals surface area contributed by atoms with Crippen molar-refractivity contribution in [1.29, 1.82) is 0 Å². The Hall–Kier alpha value is -0.290. The molecule has 1 atom stereocenters. The molecule has 1 aliphatic rings. The van der Waals surface area contributed by atoms with Crippen LogP contribution in [-0.2, 0) is 0 Å². The molecular formula is C9H17F3N2. The summed E-state index contributed by atoms with van der Waals surface area (Å²) in [4.78, 5) is 1.72. The minimum Gasteiger partial charge on any atom is -0.304 e. The summed E-state index contributed by atoms with van der Waals surface area (Å²) in [6.45, 7) is 2.87. The second kappa shape index (κ2) is 4.06. The van der Waals surface area contributed by atoms with Gasteiger partial charge in [0.2, 0.25) is 0 Å². The molecule has 1 unspecified atom stereocenters. The third kappa shape index (κ3) is 2.20. The SMILES string of the molecule is CCCNC1(C(F)(F)F)CCN(C)C1. The van der Waals surface area contributed by atoms with Crippen LogP contribution in [0.3, 0.4) is 0 Å². The van der Waals surface area contributed by atoms with Gasteiger partial charge in [0.25, 0.3) is 0 Å². The van der Waals surface area contributed by atoms with Gasteiger partial charge in [0, 0.05) is 13.1 Å². The van der Waals surface area contributed by atoms with Gasteiger partial charge in [-0.2, -0.15) is 13.2 Å². The lowest BCUT2D eigenvalue weighted by Crippen LogP contribution is -2.58. The van der Waals surface area contributed by atoms with E-state index in [1.54, 1.807) is 11.9 Å². The Labute approximate surface area is 82.5 Å². The monoisotopic (exact) mass is 210 g/mol. The molecule has 0 saturated carbocycles. The van der Waals surface area contributed by atoms with Crippen LogP contribution in [0.25, 0.3) is 0 Å². The molecule has 0 aromatic heterocycles. The fourth-order valence-corrected chi connectivity index (χ4v) is 1.84. The first-order chi connectivity index (χ1) is 6.41. The van der Waals surface area contributed by atoms with Crippen LogP contribution in [0.4, 0.5) is 13.2 Å². The van der Waals surface area contributed by atoms with Gasteiger partial charge in [-0.25, -0.2) is 0 Å². The number of likely N-dealkylation sites (tertiary alicyclic amines) is 1. The van der Waals surface area contributed by atoms with Gasteiger partial charge in [-0.15, -0.1) is 0 Å². The first-order valence-electron chi connectivity index (χ1n) is 4.91. The van der Waals surface area contributed by atoms with E-state index in [2.05, 4.69) is 5.32 Å². The molecule has 1 aliphatic heterocycles. The maximum atomic E-state index is 12.8. The highest BCUT2D eigenvalue weighted by atomic mass is 19.4. The second-order valence-corrected chi connectivity index (χ2v) is 3.99. The Balaban J connectivity index is 2.70. The number of rotatable bonds is 3. The summed E-state index contributed by atoms with van der Waals surface area (Å²) in [7, 11) is 1.72. The van der Waals surface area contributed by atoms with E-state index in [1.165, 1.54) is 0 Å². The van der Waals surface area contributed by atoms with Gasteiger partial charge < -0.3 is 10.2 Å². The zero-order valence-corrected chi connectivity index (χ0v) is 8.62. The highest BCUT2D eigenvalue weighted by Gasteiger charge is 2.56. The Morgan fingerprint density at radius 1 is 1.43 bits per heavy atom. The van der Waals surface area contributed by atoms with Crippen LogP contribution >= 0.6 is 0 Å². The molecule has 0 amide bonds. The minimum absolute atomic E-state index is 0.0660. The first kappa shape index (κ1) is 11.8. The molecule has 0 aromatic carbocycles. The predicted molar refractivity (Wildman–Crippen MR) is 49.2 cm³/mol. The summed E-state index contributed by atoms with van der Waals surface area (Å²) in [5.74, 6) is 0. The van der Waals surface area contributed by atoms with Gasteiger partial charge in [-0.3, -0.25) is 0 Å². The summed E-state index contributed by atoms with van der Waals surface area (Å²) < 4.78 is 38.5. The molecule has 2 nitrogen and oxygen atoms in total. The van der Waals surface area contributed by atoms with Crippen LogP contribution in [0, 0.1) is 0 Å². The van der Waals surface area contributed by atoms with Crippen molar-refractivity contribution < 1.29 is 13.2 Å². The van der Waals surface area contributed by atoms with Gasteiger partial charge in [-0.05, 0) is 26.4 Å². The number of likely N-dealkylation sites (N-methyl/N-ethyl adjacent to an activating group) is 1. The van der Waals surface area contributed by atoms with Gasteiger partial charge in [0.1, 0.15) is 5.54 Å². The molecule has 0 spiro atoms. The van der Waals surface area contributed by atoms with Crippen molar-refractivity contribution in [3.8, 4) is 0 Å². The van der Waals surface area contributed by atoms with Crippen molar-refractivity contribution in [3.63, 3.8) is 0 Å². The van der Waals surface area contributed by atoms with Crippen molar-refractivity contribution in [1.82, 2.24) is 10.2 Å². The fourth-order valence-electron chi connectivity index (χ4n) is 1.84. The van der Waals surface area contributed by atoms with E-state index in [-0.39, 0.29) is 13.0 Å². The van der Waals surface area contributed by atoms with Crippen molar-refractivity contribution in [2.75, 3.05) is 26.7 Å². The quantitative estimate of drug-likeness (QED) is 0.761. The molecule has 84 valence electrons. The minimum atomic E-state index is -4.15. The van der Waals surface area contributed by atoms with E-state index in [9.17, 15) is 13.2 Å².